The molecule has 1 fully saturated rings. The number of hydrogen-bond donors (Lipinski definition) is 1. The number of benzene rings is 1. The average molecular weight is 338 g/mol. The smallest absolute Gasteiger partial charge is 0.336 e. The number of nitrogens with one attached hydrogen (secondary N) is 1. The highest BCUT2D eigenvalue weighted by molar-refractivity contribution is 5.83. The molecular formula is C17H23FN2O4. The van der Waals surface area contributed by atoms with Gasteiger partial charge >= 0.3 is 5.97 Å². The molecule has 0 spiro atoms. The zero-order valence-electron chi connectivity index (χ0n) is 14.0. The minimum atomic E-state index is -0.814. The highest BCUT2D eigenvalue weighted by Gasteiger charge is 2.31. The number of carbonyl (C=O) groups is 2. The third-order valence-corrected chi connectivity index (χ3v) is 4.18. The summed E-state index contributed by atoms with van der Waals surface area (Å²) in [6, 6.07) is 6.02. The molecule has 0 unspecified atom stereocenters. The van der Waals surface area contributed by atoms with E-state index < -0.39 is 12.1 Å². The fourth-order valence-electron chi connectivity index (χ4n) is 2.84. The first-order valence-corrected chi connectivity index (χ1v) is 7.92. The lowest BCUT2D eigenvalue weighted by molar-refractivity contribution is -0.152. The monoisotopic (exact) mass is 338 g/mol. The molecule has 6 nitrogen and oxygen atoms in total. The van der Waals surface area contributed by atoms with Crippen molar-refractivity contribution in [1.82, 2.24) is 10.2 Å². The van der Waals surface area contributed by atoms with E-state index in [0.717, 1.165) is 24.9 Å². The molecule has 1 N–H and O–H groups in total. The maximum Gasteiger partial charge on any atom is 0.336 e. The molecule has 2 rings (SSSR count). The predicted molar refractivity (Wildman–Crippen MR) is 85.7 cm³/mol. The molecule has 1 aromatic carbocycles. The molecule has 0 aliphatic carbocycles. The Labute approximate surface area is 140 Å². The van der Waals surface area contributed by atoms with Gasteiger partial charge in [0, 0.05) is 13.7 Å². The molecule has 0 bridgehead atoms. The fourth-order valence-corrected chi connectivity index (χ4v) is 2.84. The fraction of sp³-hybridized carbons (Fsp3) is 0.529. The van der Waals surface area contributed by atoms with Gasteiger partial charge < -0.3 is 14.8 Å². The van der Waals surface area contributed by atoms with Gasteiger partial charge in [0.1, 0.15) is 5.82 Å². The van der Waals surface area contributed by atoms with Gasteiger partial charge in [-0.3, -0.25) is 9.69 Å². The molecule has 0 radical (unpaired) electrons. The van der Waals surface area contributed by atoms with Gasteiger partial charge in [-0.2, -0.15) is 0 Å². The van der Waals surface area contributed by atoms with Crippen molar-refractivity contribution in [2.24, 2.45) is 0 Å². The number of amides is 1. The summed E-state index contributed by atoms with van der Waals surface area (Å²) in [6.07, 6.45) is 0.860. The lowest BCUT2D eigenvalue weighted by atomic mass is 10.1. The second-order valence-corrected chi connectivity index (χ2v) is 5.75. The van der Waals surface area contributed by atoms with Crippen LogP contribution in [0.1, 0.15) is 18.4 Å². The number of rotatable bonds is 7. The highest BCUT2D eigenvalue weighted by Crippen LogP contribution is 2.20. The van der Waals surface area contributed by atoms with Crippen molar-refractivity contribution in [2.45, 2.75) is 31.5 Å². The van der Waals surface area contributed by atoms with E-state index in [1.807, 2.05) is 0 Å². The molecule has 7 heteroatoms. The van der Waals surface area contributed by atoms with Crippen LogP contribution in [0.3, 0.4) is 0 Å². The largest absolute Gasteiger partial charge is 0.467 e. The standard InChI is InChI=1S/C17H23FN2O4/c1-23-15(17(22)24-2)10-19-16(21)14-4-3-9-20(14)11-12-5-7-13(18)8-6-12/h5-8,14-15H,3-4,9-11H2,1-2H3,(H,19,21)/t14-,15-/m1/s1. The summed E-state index contributed by atoms with van der Waals surface area (Å²) in [6.45, 7) is 1.46. The van der Waals surface area contributed by atoms with Crippen LogP contribution in [-0.4, -0.2) is 56.2 Å². The van der Waals surface area contributed by atoms with E-state index in [2.05, 4.69) is 15.0 Å². The number of halogens is 1. The molecule has 1 aromatic rings. The van der Waals surface area contributed by atoms with Crippen LogP contribution in [0.15, 0.2) is 24.3 Å². The summed E-state index contributed by atoms with van der Waals surface area (Å²) in [7, 11) is 2.67. The Kier molecular flexibility index (Phi) is 6.69. The van der Waals surface area contributed by atoms with Crippen molar-refractivity contribution >= 4 is 11.9 Å². The molecule has 24 heavy (non-hydrogen) atoms. The van der Waals surface area contributed by atoms with Gasteiger partial charge in [-0.05, 0) is 37.1 Å². The summed E-state index contributed by atoms with van der Waals surface area (Å²) in [5.41, 5.74) is 0.959. The van der Waals surface area contributed by atoms with Gasteiger partial charge in [0.2, 0.25) is 5.91 Å². The summed E-state index contributed by atoms with van der Waals surface area (Å²) >= 11 is 0. The number of methoxy groups -OCH3 is 2. The number of esters is 1. The second kappa shape index (κ2) is 8.75. The van der Waals surface area contributed by atoms with E-state index in [9.17, 15) is 14.0 Å². The van der Waals surface area contributed by atoms with Gasteiger partial charge in [0.15, 0.2) is 6.10 Å². The third kappa shape index (κ3) is 4.75. The van der Waals surface area contributed by atoms with Crippen LogP contribution < -0.4 is 5.32 Å². The zero-order chi connectivity index (χ0) is 17.5. The molecule has 1 aliphatic rings. The van der Waals surface area contributed by atoms with Crippen LogP contribution in [0, 0.1) is 5.82 Å². The molecular weight excluding hydrogens is 315 g/mol. The minimum Gasteiger partial charge on any atom is -0.467 e. The van der Waals surface area contributed by atoms with Gasteiger partial charge in [0.05, 0.1) is 19.7 Å². The van der Waals surface area contributed by atoms with Crippen LogP contribution in [0.4, 0.5) is 4.39 Å². The summed E-state index contributed by atoms with van der Waals surface area (Å²) in [5.74, 6) is -0.934. The number of ether oxygens (including phenoxy) is 2. The Morgan fingerprint density at radius 3 is 2.67 bits per heavy atom. The van der Waals surface area contributed by atoms with Crippen molar-refractivity contribution in [1.29, 1.82) is 0 Å². The van der Waals surface area contributed by atoms with Crippen LogP contribution in [-0.2, 0) is 25.6 Å². The first-order chi connectivity index (χ1) is 11.5. The van der Waals surface area contributed by atoms with E-state index >= 15 is 0 Å². The topological polar surface area (TPSA) is 67.9 Å². The first-order valence-electron chi connectivity index (χ1n) is 7.92. The first kappa shape index (κ1) is 18.4. The van der Waals surface area contributed by atoms with Crippen molar-refractivity contribution in [3.05, 3.63) is 35.6 Å². The zero-order valence-corrected chi connectivity index (χ0v) is 14.0. The predicted octanol–water partition coefficient (Wildman–Crippen LogP) is 1.09. The van der Waals surface area contributed by atoms with Crippen molar-refractivity contribution < 1.29 is 23.5 Å². The Balaban J connectivity index is 1.90. The SMILES string of the molecule is COC(=O)[C@@H](CNC(=O)[C@H]1CCCN1Cc1ccc(F)cc1)OC. The number of nitrogens with zero attached hydrogens (tertiary/aromatic N) is 1. The van der Waals surface area contributed by atoms with E-state index in [-0.39, 0.29) is 24.3 Å². The third-order valence-electron chi connectivity index (χ3n) is 4.18. The Morgan fingerprint density at radius 1 is 1.33 bits per heavy atom. The summed E-state index contributed by atoms with van der Waals surface area (Å²) in [5, 5.41) is 2.75. The van der Waals surface area contributed by atoms with E-state index in [4.69, 9.17) is 4.74 Å². The summed E-state index contributed by atoms with van der Waals surface area (Å²) < 4.78 is 22.6. The molecule has 1 amide bonds. The number of carbonyl (C=O) groups excluding carboxylic acids is 2. The summed E-state index contributed by atoms with van der Waals surface area (Å²) in [4.78, 5) is 25.9. The van der Waals surface area contributed by atoms with Crippen LogP contribution >= 0.6 is 0 Å². The van der Waals surface area contributed by atoms with Crippen molar-refractivity contribution in [3.8, 4) is 0 Å². The maximum atomic E-state index is 13.0. The van der Waals surface area contributed by atoms with Crippen molar-refractivity contribution in [2.75, 3.05) is 27.3 Å². The molecule has 0 saturated carbocycles. The Hall–Kier alpha value is -1.99. The van der Waals surface area contributed by atoms with Gasteiger partial charge in [-0.1, -0.05) is 12.1 Å². The van der Waals surface area contributed by atoms with E-state index in [0.29, 0.717) is 6.54 Å². The average Bonchev–Trinajstić information content (AvgIpc) is 3.05. The number of hydrogen-bond acceptors (Lipinski definition) is 5. The van der Waals surface area contributed by atoms with Crippen molar-refractivity contribution in [3.63, 3.8) is 0 Å². The second-order valence-electron chi connectivity index (χ2n) is 5.75. The highest BCUT2D eigenvalue weighted by atomic mass is 19.1. The van der Waals surface area contributed by atoms with E-state index in [1.165, 1.54) is 26.4 Å². The molecule has 1 aliphatic heterocycles. The Bertz CT molecular complexity index is 564. The normalized spacial score (nSPS) is 19.0. The quantitative estimate of drug-likeness (QED) is 0.754. The molecule has 0 aromatic heterocycles. The van der Waals surface area contributed by atoms with Crippen LogP contribution in [0.2, 0.25) is 0 Å². The van der Waals surface area contributed by atoms with Crippen LogP contribution in [0.25, 0.3) is 0 Å². The molecule has 1 saturated heterocycles. The van der Waals surface area contributed by atoms with E-state index in [1.54, 1.807) is 12.1 Å². The number of likely N-dealkylation sites (tertiary alicyclic amines) is 1. The van der Waals surface area contributed by atoms with Gasteiger partial charge in [-0.25, -0.2) is 9.18 Å². The van der Waals surface area contributed by atoms with Crippen LogP contribution in [0.5, 0.6) is 0 Å². The molecule has 132 valence electrons. The van der Waals surface area contributed by atoms with Gasteiger partial charge in [-0.15, -0.1) is 0 Å². The van der Waals surface area contributed by atoms with Gasteiger partial charge in [0.25, 0.3) is 0 Å². The Morgan fingerprint density at radius 2 is 2.04 bits per heavy atom. The molecule has 1 heterocycles. The molecule has 2 atom stereocenters. The lowest BCUT2D eigenvalue weighted by Crippen LogP contribution is -2.46. The minimum absolute atomic E-state index is 0.0723. The lowest BCUT2D eigenvalue weighted by Gasteiger charge is -2.24. The maximum absolute atomic E-state index is 13.0.